The van der Waals surface area contributed by atoms with E-state index in [1.54, 1.807) is 66.6 Å². The van der Waals surface area contributed by atoms with Gasteiger partial charge in [0.25, 0.3) is 23.6 Å². The second-order valence-corrected chi connectivity index (χ2v) is 19.6. The highest BCUT2D eigenvalue weighted by molar-refractivity contribution is 14.1. The maximum Gasteiger partial charge on any atom is 0.345 e. The van der Waals surface area contributed by atoms with Crippen molar-refractivity contribution in [2.75, 3.05) is 72.6 Å². The summed E-state index contributed by atoms with van der Waals surface area (Å²) < 4.78 is 5.85. The predicted molar refractivity (Wildman–Crippen MR) is 285 cm³/mol. The molecule has 8 aliphatic heterocycles. The molecule has 4 saturated heterocycles. The summed E-state index contributed by atoms with van der Waals surface area (Å²) in [5, 5.41) is 31.2. The zero-order chi connectivity index (χ0) is 56.8. The van der Waals surface area contributed by atoms with E-state index in [2.05, 4.69) is 67.3 Å². The van der Waals surface area contributed by atoms with Crippen molar-refractivity contribution in [3.8, 4) is 0 Å². The maximum absolute atomic E-state index is 12.1. The molecular weight excluding hydrogens is 1150 g/mol. The van der Waals surface area contributed by atoms with Crippen molar-refractivity contribution in [2.45, 2.75) is 24.2 Å². The number of nitrogens with two attached hydrogens (primary N) is 4. The van der Waals surface area contributed by atoms with Crippen molar-refractivity contribution in [1.82, 2.24) is 79.2 Å². The number of hydrogen-bond donors (Lipinski definition) is 6. The molecule has 12 heterocycles. The molecular formula is C47H55IN20O11. The largest absolute Gasteiger partial charge is 0.366 e. The first-order valence-electron chi connectivity index (χ1n) is 24.0. The van der Waals surface area contributed by atoms with E-state index >= 15 is 0 Å². The van der Waals surface area contributed by atoms with Crippen molar-refractivity contribution >= 4 is 87.4 Å². The molecule has 0 saturated carbocycles. The van der Waals surface area contributed by atoms with E-state index in [-0.39, 0.29) is 48.9 Å². The topological polar surface area (TPSA) is 387 Å². The highest BCUT2D eigenvalue weighted by Crippen LogP contribution is 2.30. The number of aromatic nitrogens is 8. The van der Waals surface area contributed by atoms with Gasteiger partial charge in [0, 0.05) is 61.6 Å². The SMILES string of the molecule is C=CCON1C(=O)N2CC(I)=CC1C2.C=CCON1C(=O)N2CC(n3cc(C(N)=O)cn3)=CC1C2.CN1C(=O)N2CC(n3cc(C(N)=O)cn3)=CC1C2.NC(=O)c1cn[nH]c1.NC(=O)c1cnn(C2=CC3CN(C2)C(=O)N3O)c1. The van der Waals surface area contributed by atoms with Gasteiger partial charge in [-0.2, -0.15) is 35.6 Å². The molecule has 8 aliphatic rings. The smallest absolute Gasteiger partial charge is 0.345 e. The van der Waals surface area contributed by atoms with Gasteiger partial charge in [0.2, 0.25) is 0 Å². The second kappa shape index (κ2) is 24.0. The van der Waals surface area contributed by atoms with E-state index in [0.29, 0.717) is 79.7 Å². The van der Waals surface area contributed by atoms with Gasteiger partial charge in [0.15, 0.2) is 0 Å². The van der Waals surface area contributed by atoms with Gasteiger partial charge in [-0.3, -0.25) is 39.2 Å². The Labute approximate surface area is 462 Å². The fourth-order valence-corrected chi connectivity index (χ4v) is 9.74. The number of likely N-dealkylation sites (N-methyl/N-ethyl adjacent to an activating group) is 1. The molecule has 10 N–H and O–H groups in total. The molecule has 79 heavy (non-hydrogen) atoms. The number of primary amides is 4. The van der Waals surface area contributed by atoms with Crippen LogP contribution in [-0.4, -0.2) is 229 Å². The molecule has 4 aromatic heterocycles. The standard InChI is InChI=1S/C13H15N5O3.C11H13N5O2.C10H11N5O3.C9H11IN2O2.C4H5N3O/c1-2-3-21-18-11-4-10(7-16(8-11)13(18)20)17-6-9(5-15-17)12(14)19;1-14-8-2-9(6-15(5-8)11(14)18)16-4-7(3-13-16)10(12)17;11-9(16)6-2-12-14(3-6)7-1-8-5-13(4-7)10(17)15(8)18;1-2-3-14-12-8-4-7(10)5-11(6-8)9(12)13;5-4(8)3-1-6-7-2-3/h2,4-6,11H,1,3,7-8H2,(H2,14,19);2-4,8H,5-6H2,1H3,(H2,12,17);1-3,8,18H,4-5H2,(H2,11,16);2,4,8H,1,3,5-6H2;1-2H,(H2,5,8)(H,6,7). The quantitative estimate of drug-likeness (QED) is 0.0584. The Morgan fingerprint density at radius 1 is 0.595 bits per heavy atom. The first-order chi connectivity index (χ1) is 37.7. The van der Waals surface area contributed by atoms with E-state index in [4.69, 9.17) is 32.6 Å². The van der Waals surface area contributed by atoms with Gasteiger partial charge in [-0.15, -0.1) is 13.2 Å². The minimum atomic E-state index is -0.555. The van der Waals surface area contributed by atoms with E-state index in [1.807, 2.05) is 12.2 Å². The third kappa shape index (κ3) is 12.5. The molecule has 4 unspecified atom stereocenters. The Morgan fingerprint density at radius 3 is 1.38 bits per heavy atom. The normalized spacial score (nSPS) is 21.1. The number of hydroxylamine groups is 6. The van der Waals surface area contributed by atoms with E-state index in [0.717, 1.165) is 23.6 Å². The number of nitrogens with zero attached hydrogens (tertiary/aromatic N) is 15. The van der Waals surface area contributed by atoms with E-state index in [9.17, 15) is 43.6 Å². The third-order valence-electron chi connectivity index (χ3n) is 12.9. The fourth-order valence-electron chi connectivity index (χ4n) is 8.91. The third-order valence-corrected chi connectivity index (χ3v) is 13.6. The van der Waals surface area contributed by atoms with E-state index < -0.39 is 29.7 Å². The number of carbonyl (C=O) groups is 8. The highest BCUT2D eigenvalue weighted by atomic mass is 127. The Kier molecular flexibility index (Phi) is 17.1. The van der Waals surface area contributed by atoms with Crippen LogP contribution in [0.4, 0.5) is 19.2 Å². The number of rotatable bonds is 13. The first kappa shape index (κ1) is 56.1. The number of carbonyl (C=O) groups excluding carboxylic acids is 8. The van der Waals surface area contributed by atoms with Gasteiger partial charge in [0.1, 0.15) is 0 Å². The maximum atomic E-state index is 12.1. The first-order valence-corrected chi connectivity index (χ1v) is 25.1. The Balaban J connectivity index is 0.000000133. The molecule has 32 heteroatoms. The van der Waals surface area contributed by atoms with Crippen LogP contribution >= 0.6 is 22.6 Å². The summed E-state index contributed by atoms with van der Waals surface area (Å²) in [7, 11) is 1.78. The molecule has 8 bridgehead atoms. The molecule has 0 spiro atoms. The lowest BCUT2D eigenvalue weighted by Crippen LogP contribution is -2.33. The Bertz CT molecular complexity index is 3080. The molecule has 4 atom stereocenters. The number of nitrogens with one attached hydrogen (secondary N) is 1. The zero-order valence-corrected chi connectivity index (χ0v) is 44.5. The van der Waals surface area contributed by atoms with Crippen molar-refractivity contribution < 1.29 is 53.2 Å². The van der Waals surface area contributed by atoms with Crippen molar-refractivity contribution in [3.63, 3.8) is 0 Å². The van der Waals surface area contributed by atoms with Gasteiger partial charge in [-0.25, -0.2) is 33.2 Å². The average Bonchev–Trinajstić information content (AvgIpc) is 4.40. The van der Waals surface area contributed by atoms with Crippen LogP contribution in [0.1, 0.15) is 41.4 Å². The number of urea groups is 4. The summed E-state index contributed by atoms with van der Waals surface area (Å²) in [4.78, 5) is 110. The number of aromatic amines is 1. The molecule has 4 aromatic rings. The fraction of sp³-hybridized carbons (Fsp3) is 0.319. The highest BCUT2D eigenvalue weighted by Gasteiger charge is 2.43. The van der Waals surface area contributed by atoms with Gasteiger partial charge in [0.05, 0.1) is 128 Å². The lowest BCUT2D eigenvalue weighted by Gasteiger charge is -2.21. The number of halogens is 1. The van der Waals surface area contributed by atoms with Crippen molar-refractivity contribution in [1.29, 1.82) is 0 Å². The van der Waals surface area contributed by atoms with Crippen LogP contribution in [0.5, 0.6) is 0 Å². The van der Waals surface area contributed by atoms with Crippen molar-refractivity contribution in [2.24, 2.45) is 22.9 Å². The van der Waals surface area contributed by atoms with E-state index in [1.165, 1.54) is 60.5 Å². The average molecular weight is 1200 g/mol. The van der Waals surface area contributed by atoms with Gasteiger partial charge >= 0.3 is 24.1 Å². The number of fused-ring (bicyclic) bond motifs is 8. The molecule has 0 radical (unpaired) electrons. The van der Waals surface area contributed by atoms with Gasteiger partial charge in [-0.05, 0) is 46.9 Å². The summed E-state index contributed by atoms with van der Waals surface area (Å²) in [6.45, 7) is 12.2. The molecule has 0 aromatic carbocycles. The monoisotopic (exact) mass is 1200 g/mol. The summed E-state index contributed by atoms with van der Waals surface area (Å²) >= 11 is 2.25. The Morgan fingerprint density at radius 2 is 0.987 bits per heavy atom. The molecule has 0 aliphatic carbocycles. The van der Waals surface area contributed by atoms with Gasteiger partial charge in [-0.1, -0.05) is 12.2 Å². The van der Waals surface area contributed by atoms with Gasteiger partial charge < -0.3 is 47.4 Å². The molecule has 416 valence electrons. The summed E-state index contributed by atoms with van der Waals surface area (Å²) in [6.07, 6.45) is 22.6. The van der Waals surface area contributed by atoms with Crippen LogP contribution in [0, 0.1) is 0 Å². The van der Waals surface area contributed by atoms with Crippen LogP contribution in [0.2, 0.25) is 0 Å². The molecule has 12 amide bonds. The lowest BCUT2D eigenvalue weighted by atomic mass is 10.2. The van der Waals surface area contributed by atoms with Crippen LogP contribution in [0.25, 0.3) is 17.1 Å². The summed E-state index contributed by atoms with van der Waals surface area (Å²) in [5.41, 5.74) is 24.2. The Hall–Kier alpha value is -9.15. The predicted octanol–water partition coefficient (Wildman–Crippen LogP) is 0.0160. The zero-order valence-electron chi connectivity index (χ0n) is 42.3. The minimum absolute atomic E-state index is 0.0218. The molecule has 12 rings (SSSR count). The van der Waals surface area contributed by atoms with Crippen LogP contribution in [0.3, 0.4) is 0 Å². The van der Waals surface area contributed by atoms with Crippen LogP contribution < -0.4 is 22.9 Å². The van der Waals surface area contributed by atoms with Crippen LogP contribution in [-0.2, 0) is 9.68 Å². The van der Waals surface area contributed by atoms with Crippen LogP contribution in [0.15, 0.2) is 103 Å². The van der Waals surface area contributed by atoms with Crippen molar-refractivity contribution in [3.05, 3.63) is 125 Å². The molecule has 4 fully saturated rings. The minimum Gasteiger partial charge on any atom is -0.366 e. The number of amides is 12. The number of H-pyrrole nitrogens is 1. The summed E-state index contributed by atoms with van der Waals surface area (Å²) in [5.74, 6) is -2.05. The second-order valence-electron chi connectivity index (χ2n) is 18.2. The lowest BCUT2D eigenvalue weighted by molar-refractivity contribution is -0.107. The molecule has 31 nitrogen and oxygen atoms in total. The number of hydrogen-bond acceptors (Lipinski definition) is 15. The summed E-state index contributed by atoms with van der Waals surface area (Å²) in [6, 6.07) is -1.03.